The molecule has 0 bridgehead atoms. The molecule has 0 spiro atoms. The Labute approximate surface area is 180 Å². The highest BCUT2D eigenvalue weighted by Crippen LogP contribution is 2.22. The van der Waals surface area contributed by atoms with Crippen LogP contribution >= 0.6 is 23.2 Å². The molecule has 0 aliphatic carbocycles. The summed E-state index contributed by atoms with van der Waals surface area (Å²) in [5.74, 6) is 0.462. The van der Waals surface area contributed by atoms with Gasteiger partial charge in [-0.3, -0.25) is 9.59 Å². The van der Waals surface area contributed by atoms with E-state index >= 15 is 0 Å². The van der Waals surface area contributed by atoms with Gasteiger partial charge in [0, 0.05) is 24.2 Å². The summed E-state index contributed by atoms with van der Waals surface area (Å²) in [5.41, 5.74) is 1.45. The molecule has 1 aliphatic rings. The standard InChI is InChI=1S/C22H24Cl2N2O3/c1-2-15-5-3-4-6-20(15)29-14-21(27)26-11-9-17(10-12-26)25-22(28)18-13-16(23)7-8-19(18)24/h3-8,13,17H,2,9-12,14H2,1H3,(H,25,28). The first-order chi connectivity index (χ1) is 14.0. The van der Waals surface area contributed by atoms with Crippen molar-refractivity contribution < 1.29 is 14.3 Å². The summed E-state index contributed by atoms with van der Waals surface area (Å²) < 4.78 is 5.73. The van der Waals surface area contributed by atoms with E-state index in [-0.39, 0.29) is 24.5 Å². The van der Waals surface area contributed by atoms with Crippen molar-refractivity contribution in [3.8, 4) is 5.75 Å². The molecule has 1 fully saturated rings. The topological polar surface area (TPSA) is 58.6 Å². The third-order valence-electron chi connectivity index (χ3n) is 5.06. The fourth-order valence-corrected chi connectivity index (χ4v) is 3.75. The molecule has 5 nitrogen and oxygen atoms in total. The number of amides is 2. The molecule has 2 aromatic rings. The lowest BCUT2D eigenvalue weighted by atomic mass is 10.0. The summed E-state index contributed by atoms with van der Waals surface area (Å²) >= 11 is 12.1. The number of nitrogens with zero attached hydrogens (tertiary/aromatic N) is 1. The Morgan fingerprint density at radius 2 is 1.86 bits per heavy atom. The van der Waals surface area contributed by atoms with Crippen molar-refractivity contribution in [3.63, 3.8) is 0 Å². The number of carbonyl (C=O) groups excluding carboxylic acids is 2. The van der Waals surface area contributed by atoms with Crippen LogP contribution in [0.3, 0.4) is 0 Å². The SMILES string of the molecule is CCc1ccccc1OCC(=O)N1CCC(NC(=O)c2cc(Cl)ccc2Cl)CC1. The molecular weight excluding hydrogens is 411 g/mol. The minimum absolute atomic E-state index is 0.0108. The lowest BCUT2D eigenvalue weighted by Gasteiger charge is -2.32. The second kappa shape index (κ2) is 9.99. The molecule has 0 radical (unpaired) electrons. The maximum Gasteiger partial charge on any atom is 0.260 e. The van der Waals surface area contributed by atoms with E-state index in [1.807, 2.05) is 24.3 Å². The van der Waals surface area contributed by atoms with Gasteiger partial charge in [-0.05, 0) is 49.1 Å². The summed E-state index contributed by atoms with van der Waals surface area (Å²) in [7, 11) is 0. The monoisotopic (exact) mass is 434 g/mol. The zero-order valence-corrected chi connectivity index (χ0v) is 17.8. The third kappa shape index (κ3) is 5.64. The number of nitrogens with one attached hydrogen (secondary N) is 1. The predicted molar refractivity (Wildman–Crippen MR) is 115 cm³/mol. The molecule has 1 heterocycles. The molecule has 0 atom stereocenters. The first kappa shape index (κ1) is 21.5. The van der Waals surface area contributed by atoms with E-state index in [0.29, 0.717) is 41.5 Å². The van der Waals surface area contributed by atoms with E-state index < -0.39 is 0 Å². The Morgan fingerprint density at radius 1 is 1.14 bits per heavy atom. The molecule has 154 valence electrons. The second-order valence-corrected chi connectivity index (χ2v) is 7.85. The number of hydrogen-bond donors (Lipinski definition) is 1. The van der Waals surface area contributed by atoms with Crippen LogP contribution in [0.2, 0.25) is 10.0 Å². The minimum Gasteiger partial charge on any atom is -0.483 e. The highest BCUT2D eigenvalue weighted by Gasteiger charge is 2.25. The van der Waals surface area contributed by atoms with E-state index in [2.05, 4.69) is 12.2 Å². The molecule has 29 heavy (non-hydrogen) atoms. The van der Waals surface area contributed by atoms with E-state index in [1.165, 1.54) is 0 Å². The zero-order chi connectivity index (χ0) is 20.8. The lowest BCUT2D eigenvalue weighted by Crippen LogP contribution is -2.47. The van der Waals surface area contributed by atoms with E-state index in [9.17, 15) is 9.59 Å². The van der Waals surface area contributed by atoms with Gasteiger partial charge in [-0.1, -0.05) is 48.3 Å². The van der Waals surface area contributed by atoms with Gasteiger partial charge in [0.2, 0.25) is 0 Å². The van der Waals surface area contributed by atoms with Gasteiger partial charge in [0.1, 0.15) is 5.75 Å². The van der Waals surface area contributed by atoms with Crippen LogP contribution in [0.5, 0.6) is 5.75 Å². The maximum absolute atomic E-state index is 12.5. The molecule has 0 aromatic heterocycles. The maximum atomic E-state index is 12.5. The van der Waals surface area contributed by atoms with Gasteiger partial charge in [0.15, 0.2) is 6.61 Å². The van der Waals surface area contributed by atoms with Gasteiger partial charge in [-0.25, -0.2) is 0 Å². The van der Waals surface area contributed by atoms with Gasteiger partial charge in [0.25, 0.3) is 11.8 Å². The average molecular weight is 435 g/mol. The number of likely N-dealkylation sites (tertiary alicyclic amines) is 1. The number of para-hydroxylation sites is 1. The largest absolute Gasteiger partial charge is 0.483 e. The molecule has 7 heteroatoms. The molecular formula is C22H24Cl2N2O3. The van der Waals surface area contributed by atoms with Gasteiger partial charge < -0.3 is 15.0 Å². The number of carbonyl (C=O) groups is 2. The molecule has 1 saturated heterocycles. The Balaban J connectivity index is 1.48. The average Bonchev–Trinajstić information content (AvgIpc) is 2.74. The number of hydrogen-bond acceptors (Lipinski definition) is 3. The summed E-state index contributed by atoms with van der Waals surface area (Å²) in [4.78, 5) is 26.7. The van der Waals surface area contributed by atoms with Crippen molar-refractivity contribution in [1.82, 2.24) is 10.2 Å². The Morgan fingerprint density at radius 3 is 2.59 bits per heavy atom. The van der Waals surface area contributed by atoms with Crippen molar-refractivity contribution >= 4 is 35.0 Å². The fraction of sp³-hybridized carbons (Fsp3) is 0.364. The first-order valence-corrected chi connectivity index (χ1v) is 10.5. The smallest absolute Gasteiger partial charge is 0.260 e. The highest BCUT2D eigenvalue weighted by molar-refractivity contribution is 6.35. The van der Waals surface area contributed by atoms with Gasteiger partial charge in [-0.2, -0.15) is 0 Å². The predicted octanol–water partition coefficient (Wildman–Crippen LogP) is 4.36. The van der Waals surface area contributed by atoms with Crippen LogP contribution in [0.15, 0.2) is 42.5 Å². The minimum atomic E-state index is -0.248. The zero-order valence-electron chi connectivity index (χ0n) is 16.3. The second-order valence-electron chi connectivity index (χ2n) is 7.00. The third-order valence-corrected chi connectivity index (χ3v) is 5.63. The molecule has 1 N–H and O–H groups in total. The van der Waals surface area contributed by atoms with Crippen LogP contribution in [0, 0.1) is 0 Å². The van der Waals surface area contributed by atoms with Crippen molar-refractivity contribution in [3.05, 3.63) is 63.6 Å². The molecule has 0 unspecified atom stereocenters. The summed E-state index contributed by atoms with van der Waals surface area (Å²) in [5, 5.41) is 3.81. The lowest BCUT2D eigenvalue weighted by molar-refractivity contribution is -0.134. The molecule has 2 aromatic carbocycles. The highest BCUT2D eigenvalue weighted by atomic mass is 35.5. The van der Waals surface area contributed by atoms with E-state index in [0.717, 1.165) is 17.7 Å². The first-order valence-electron chi connectivity index (χ1n) is 9.72. The van der Waals surface area contributed by atoms with Crippen LogP contribution in [0.4, 0.5) is 0 Å². The van der Waals surface area contributed by atoms with E-state index in [1.54, 1.807) is 23.1 Å². The van der Waals surface area contributed by atoms with Crippen LogP contribution < -0.4 is 10.1 Å². The van der Waals surface area contributed by atoms with E-state index in [4.69, 9.17) is 27.9 Å². The Bertz CT molecular complexity index is 880. The molecule has 2 amide bonds. The normalized spacial score (nSPS) is 14.5. The number of aryl methyl sites for hydroxylation is 1. The number of benzene rings is 2. The molecule has 1 aliphatic heterocycles. The number of piperidine rings is 1. The number of ether oxygens (including phenoxy) is 1. The summed E-state index contributed by atoms with van der Waals surface area (Å²) in [6.07, 6.45) is 2.22. The van der Waals surface area contributed by atoms with Crippen LogP contribution in [-0.2, 0) is 11.2 Å². The number of halogens is 2. The quantitative estimate of drug-likeness (QED) is 0.734. The van der Waals surface area contributed by atoms with Gasteiger partial charge in [0.05, 0.1) is 10.6 Å². The fourth-order valence-electron chi connectivity index (χ4n) is 3.38. The van der Waals surface area contributed by atoms with Crippen LogP contribution in [0.1, 0.15) is 35.7 Å². The molecule has 0 saturated carbocycles. The van der Waals surface area contributed by atoms with Gasteiger partial charge in [-0.15, -0.1) is 0 Å². The van der Waals surface area contributed by atoms with Crippen molar-refractivity contribution in [2.24, 2.45) is 0 Å². The summed E-state index contributed by atoms with van der Waals surface area (Å²) in [6, 6.07) is 12.5. The van der Waals surface area contributed by atoms with Gasteiger partial charge >= 0.3 is 0 Å². The van der Waals surface area contributed by atoms with Crippen LogP contribution in [0.25, 0.3) is 0 Å². The van der Waals surface area contributed by atoms with Crippen LogP contribution in [-0.4, -0.2) is 42.5 Å². The Hall–Kier alpha value is -2.24. The summed E-state index contributed by atoms with van der Waals surface area (Å²) in [6.45, 7) is 3.23. The van der Waals surface area contributed by atoms with Crippen molar-refractivity contribution in [1.29, 1.82) is 0 Å². The van der Waals surface area contributed by atoms with Crippen molar-refractivity contribution in [2.75, 3.05) is 19.7 Å². The Kier molecular flexibility index (Phi) is 7.40. The number of rotatable bonds is 6. The van der Waals surface area contributed by atoms with Crippen molar-refractivity contribution in [2.45, 2.75) is 32.2 Å². The molecule has 3 rings (SSSR count).